The number of aromatic nitrogens is 2. The Morgan fingerprint density at radius 3 is 2.76 bits per heavy atom. The van der Waals surface area contributed by atoms with Gasteiger partial charge < -0.3 is 4.74 Å². The molecule has 0 atom stereocenters. The van der Waals surface area contributed by atoms with Crippen LogP contribution in [0, 0.1) is 0 Å². The molecule has 1 amide bonds. The molecule has 0 bridgehead atoms. The number of nitrogens with zero attached hydrogens (tertiary/aromatic N) is 2. The minimum absolute atomic E-state index is 0.0741. The molecule has 5 nitrogen and oxygen atoms in total. The van der Waals surface area contributed by atoms with Gasteiger partial charge in [-0.05, 0) is 30.7 Å². The number of rotatable bonds is 7. The highest BCUT2D eigenvalue weighted by atomic mass is 32.2. The van der Waals surface area contributed by atoms with E-state index in [4.69, 9.17) is 4.74 Å². The van der Waals surface area contributed by atoms with E-state index in [9.17, 15) is 4.79 Å². The fourth-order valence-corrected chi connectivity index (χ4v) is 3.15. The van der Waals surface area contributed by atoms with Crippen LogP contribution < -0.4 is 10.1 Å². The van der Waals surface area contributed by atoms with Crippen molar-refractivity contribution in [3.8, 4) is 5.75 Å². The van der Waals surface area contributed by atoms with Gasteiger partial charge in [0, 0.05) is 11.3 Å². The summed E-state index contributed by atoms with van der Waals surface area (Å²) in [5.41, 5.74) is 0. The number of carbonyl (C=O) groups is 1. The summed E-state index contributed by atoms with van der Waals surface area (Å²) >= 11 is 2.91. The van der Waals surface area contributed by atoms with Crippen LogP contribution >= 0.6 is 23.1 Å². The molecule has 21 heavy (non-hydrogen) atoms. The van der Waals surface area contributed by atoms with Gasteiger partial charge in [0.25, 0.3) is 0 Å². The molecule has 0 unspecified atom stereocenters. The van der Waals surface area contributed by atoms with Crippen molar-refractivity contribution in [3.05, 3.63) is 29.3 Å². The summed E-state index contributed by atoms with van der Waals surface area (Å²) in [4.78, 5) is 12.9. The minimum Gasteiger partial charge on any atom is -0.497 e. The number of benzene rings is 1. The van der Waals surface area contributed by atoms with Crippen LogP contribution in [0.15, 0.2) is 29.2 Å². The number of aryl methyl sites for hydroxylation is 1. The van der Waals surface area contributed by atoms with Gasteiger partial charge in [0.15, 0.2) is 0 Å². The van der Waals surface area contributed by atoms with Gasteiger partial charge in [-0.15, -0.1) is 22.0 Å². The van der Waals surface area contributed by atoms with Crippen LogP contribution in [0.3, 0.4) is 0 Å². The molecule has 1 aromatic heterocycles. The Balaban J connectivity index is 1.80. The number of methoxy groups -OCH3 is 1. The molecule has 0 fully saturated rings. The highest BCUT2D eigenvalue weighted by Crippen LogP contribution is 2.22. The predicted molar refractivity (Wildman–Crippen MR) is 86.3 cm³/mol. The standard InChI is InChI=1S/C14H17N3O2S2/c1-3-4-13-16-17-14(21-13)15-12(18)9-20-11-7-5-10(19-2)6-8-11/h5-8H,3-4,9H2,1-2H3,(H,15,17,18). The van der Waals surface area contributed by atoms with E-state index in [-0.39, 0.29) is 5.91 Å². The maximum atomic E-state index is 11.9. The quantitative estimate of drug-likeness (QED) is 0.793. The Labute approximate surface area is 132 Å². The number of amides is 1. The lowest BCUT2D eigenvalue weighted by molar-refractivity contribution is -0.113. The molecule has 0 aliphatic rings. The summed E-state index contributed by atoms with van der Waals surface area (Å²) in [6.07, 6.45) is 1.92. The summed E-state index contributed by atoms with van der Waals surface area (Å²) in [6, 6.07) is 7.62. The van der Waals surface area contributed by atoms with Gasteiger partial charge in [-0.25, -0.2) is 0 Å². The van der Waals surface area contributed by atoms with E-state index >= 15 is 0 Å². The van der Waals surface area contributed by atoms with Gasteiger partial charge in [-0.1, -0.05) is 18.3 Å². The monoisotopic (exact) mass is 323 g/mol. The molecule has 0 aliphatic heterocycles. The van der Waals surface area contributed by atoms with E-state index in [1.807, 2.05) is 24.3 Å². The molecule has 0 aliphatic carbocycles. The van der Waals surface area contributed by atoms with E-state index in [0.717, 1.165) is 28.5 Å². The molecule has 1 N–H and O–H groups in total. The molecule has 1 aromatic carbocycles. The van der Waals surface area contributed by atoms with Crippen molar-refractivity contribution in [2.75, 3.05) is 18.2 Å². The first-order valence-corrected chi connectivity index (χ1v) is 8.40. The lowest BCUT2D eigenvalue weighted by Gasteiger charge is -2.03. The Hall–Kier alpha value is -1.60. The Morgan fingerprint density at radius 1 is 1.33 bits per heavy atom. The third kappa shape index (κ3) is 5.02. The lowest BCUT2D eigenvalue weighted by Crippen LogP contribution is -2.13. The van der Waals surface area contributed by atoms with Crippen LogP contribution in [0.25, 0.3) is 0 Å². The van der Waals surface area contributed by atoms with Gasteiger partial charge in [-0.2, -0.15) is 0 Å². The largest absolute Gasteiger partial charge is 0.497 e. The highest BCUT2D eigenvalue weighted by molar-refractivity contribution is 8.00. The second-order valence-corrected chi connectivity index (χ2v) is 6.37. The van der Waals surface area contributed by atoms with Crippen LogP contribution in [-0.2, 0) is 11.2 Å². The first-order chi connectivity index (χ1) is 10.2. The van der Waals surface area contributed by atoms with Crippen molar-refractivity contribution in [2.45, 2.75) is 24.7 Å². The van der Waals surface area contributed by atoms with Gasteiger partial charge in [-0.3, -0.25) is 10.1 Å². The minimum atomic E-state index is -0.0741. The Morgan fingerprint density at radius 2 is 2.10 bits per heavy atom. The van der Waals surface area contributed by atoms with E-state index in [1.54, 1.807) is 7.11 Å². The Kier molecular flexibility index (Phi) is 6.01. The van der Waals surface area contributed by atoms with Crippen LogP contribution in [-0.4, -0.2) is 29.0 Å². The van der Waals surface area contributed by atoms with Crippen LogP contribution in [0.4, 0.5) is 5.13 Å². The number of hydrogen-bond donors (Lipinski definition) is 1. The van der Waals surface area contributed by atoms with Gasteiger partial charge in [0.1, 0.15) is 10.8 Å². The molecule has 0 saturated heterocycles. The first-order valence-electron chi connectivity index (χ1n) is 6.60. The highest BCUT2D eigenvalue weighted by Gasteiger charge is 2.08. The summed E-state index contributed by atoms with van der Waals surface area (Å²) < 4.78 is 5.09. The van der Waals surface area contributed by atoms with Crippen molar-refractivity contribution in [3.63, 3.8) is 0 Å². The molecule has 2 rings (SSSR count). The first kappa shape index (κ1) is 15.8. The van der Waals surface area contributed by atoms with Crippen LogP contribution in [0.2, 0.25) is 0 Å². The van der Waals surface area contributed by atoms with Crippen molar-refractivity contribution >= 4 is 34.1 Å². The summed E-state index contributed by atoms with van der Waals surface area (Å²) in [5, 5.41) is 12.3. The van der Waals surface area contributed by atoms with Gasteiger partial charge in [0.05, 0.1) is 12.9 Å². The number of carbonyl (C=O) groups excluding carboxylic acids is 1. The van der Waals surface area contributed by atoms with Crippen molar-refractivity contribution < 1.29 is 9.53 Å². The van der Waals surface area contributed by atoms with E-state index in [0.29, 0.717) is 10.9 Å². The molecule has 1 heterocycles. The summed E-state index contributed by atoms with van der Waals surface area (Å²) in [5.74, 6) is 1.07. The molecule has 0 radical (unpaired) electrons. The number of ether oxygens (including phenoxy) is 1. The molecule has 7 heteroatoms. The maximum Gasteiger partial charge on any atom is 0.236 e. The molecular weight excluding hydrogens is 306 g/mol. The normalized spacial score (nSPS) is 10.4. The summed E-state index contributed by atoms with van der Waals surface area (Å²) in [7, 11) is 1.63. The third-order valence-corrected chi connectivity index (χ3v) is 4.52. The zero-order valence-corrected chi connectivity index (χ0v) is 13.6. The van der Waals surface area contributed by atoms with Crippen molar-refractivity contribution in [1.29, 1.82) is 0 Å². The number of anilines is 1. The topological polar surface area (TPSA) is 64.1 Å². The molecule has 2 aromatic rings. The molecular formula is C14H17N3O2S2. The van der Waals surface area contributed by atoms with E-state index in [1.165, 1.54) is 23.1 Å². The average molecular weight is 323 g/mol. The third-order valence-electron chi connectivity index (χ3n) is 2.61. The zero-order valence-electron chi connectivity index (χ0n) is 12.0. The number of nitrogens with one attached hydrogen (secondary N) is 1. The maximum absolute atomic E-state index is 11.9. The van der Waals surface area contributed by atoms with Crippen LogP contribution in [0.1, 0.15) is 18.4 Å². The number of thioether (sulfide) groups is 1. The second kappa shape index (κ2) is 7.99. The van der Waals surface area contributed by atoms with Crippen molar-refractivity contribution in [1.82, 2.24) is 10.2 Å². The van der Waals surface area contributed by atoms with E-state index in [2.05, 4.69) is 22.4 Å². The van der Waals surface area contributed by atoms with Gasteiger partial charge in [0.2, 0.25) is 11.0 Å². The molecule has 0 spiro atoms. The zero-order chi connectivity index (χ0) is 15.1. The number of hydrogen-bond acceptors (Lipinski definition) is 6. The fourth-order valence-electron chi connectivity index (χ4n) is 1.60. The predicted octanol–water partition coefficient (Wildman–Crippen LogP) is 3.23. The average Bonchev–Trinajstić information content (AvgIpc) is 2.93. The van der Waals surface area contributed by atoms with Crippen LogP contribution in [0.5, 0.6) is 5.75 Å². The van der Waals surface area contributed by atoms with Crippen molar-refractivity contribution in [2.24, 2.45) is 0 Å². The van der Waals surface area contributed by atoms with E-state index < -0.39 is 0 Å². The molecule has 0 saturated carbocycles. The summed E-state index contributed by atoms with van der Waals surface area (Å²) in [6.45, 7) is 2.09. The van der Waals surface area contributed by atoms with Gasteiger partial charge >= 0.3 is 0 Å². The second-order valence-electron chi connectivity index (χ2n) is 4.26. The Bertz CT molecular complexity index is 584. The fraction of sp³-hybridized carbons (Fsp3) is 0.357. The lowest BCUT2D eigenvalue weighted by atomic mass is 10.3. The molecule has 112 valence electrons. The smallest absolute Gasteiger partial charge is 0.236 e. The SMILES string of the molecule is CCCc1nnc(NC(=O)CSc2ccc(OC)cc2)s1.